The molecule has 0 aromatic heterocycles. The van der Waals surface area contributed by atoms with E-state index in [9.17, 15) is 4.79 Å². The third kappa shape index (κ3) is 5.71. The Bertz CT molecular complexity index is 774. The van der Waals surface area contributed by atoms with Crippen LogP contribution >= 0.6 is 11.8 Å². The quantitative estimate of drug-likeness (QED) is 0.181. The first kappa shape index (κ1) is 21.6. The summed E-state index contributed by atoms with van der Waals surface area (Å²) in [6, 6.07) is 8.07. The summed E-state index contributed by atoms with van der Waals surface area (Å²) in [5.74, 6) is 2.17. The predicted octanol–water partition coefficient (Wildman–Crippen LogP) is 5.99. The van der Waals surface area contributed by atoms with E-state index < -0.39 is 0 Å². The van der Waals surface area contributed by atoms with Gasteiger partial charge in [-0.05, 0) is 48.4 Å². The SMILES string of the molecule is COc1ccc([C@H]2C[C@@]23CSC(OCCCCCCCCN=[N+]=[N-])=CC3=O)cc1. The van der Waals surface area contributed by atoms with Gasteiger partial charge in [0.15, 0.2) is 10.9 Å². The van der Waals surface area contributed by atoms with Crippen LogP contribution in [-0.2, 0) is 9.53 Å². The fourth-order valence-corrected chi connectivity index (χ4v) is 5.08. The number of unbranched alkanes of at least 4 members (excludes halogenated alkanes) is 5. The zero-order chi connectivity index (χ0) is 20.5. The summed E-state index contributed by atoms with van der Waals surface area (Å²) in [5, 5.41) is 4.31. The molecule has 7 heteroatoms. The summed E-state index contributed by atoms with van der Waals surface area (Å²) in [4.78, 5) is 15.5. The summed E-state index contributed by atoms with van der Waals surface area (Å²) in [6.07, 6.45) is 9.16. The predicted molar refractivity (Wildman–Crippen MR) is 116 cm³/mol. The molecule has 0 N–H and O–H groups in total. The van der Waals surface area contributed by atoms with Gasteiger partial charge in [-0.2, -0.15) is 0 Å². The maximum absolute atomic E-state index is 12.8. The van der Waals surface area contributed by atoms with Crippen molar-refractivity contribution in [2.75, 3.05) is 26.0 Å². The third-order valence-electron chi connectivity index (χ3n) is 5.77. The average Bonchev–Trinajstić information content (AvgIpc) is 3.47. The van der Waals surface area contributed by atoms with E-state index in [1.54, 1.807) is 24.9 Å². The Kier molecular flexibility index (Phi) is 7.90. The smallest absolute Gasteiger partial charge is 0.167 e. The van der Waals surface area contributed by atoms with E-state index in [1.165, 1.54) is 5.56 Å². The van der Waals surface area contributed by atoms with Crippen molar-refractivity contribution in [2.24, 2.45) is 10.5 Å². The molecule has 2 atom stereocenters. The van der Waals surface area contributed by atoms with Gasteiger partial charge < -0.3 is 9.47 Å². The lowest BCUT2D eigenvalue weighted by Gasteiger charge is -2.21. The molecule has 0 amide bonds. The van der Waals surface area contributed by atoms with Gasteiger partial charge in [-0.25, -0.2) is 0 Å². The van der Waals surface area contributed by atoms with Crippen LogP contribution in [0.25, 0.3) is 10.4 Å². The minimum atomic E-state index is -0.234. The number of ether oxygens (including phenoxy) is 2. The largest absolute Gasteiger partial charge is 0.497 e. The number of nitrogens with zero attached hydrogens (tertiary/aromatic N) is 3. The van der Waals surface area contributed by atoms with E-state index in [2.05, 4.69) is 22.2 Å². The lowest BCUT2D eigenvalue weighted by atomic mass is 9.96. The van der Waals surface area contributed by atoms with E-state index in [0.717, 1.165) is 61.5 Å². The fourth-order valence-electron chi connectivity index (χ4n) is 3.87. The number of carbonyl (C=O) groups excluding carboxylic acids is 1. The summed E-state index contributed by atoms with van der Waals surface area (Å²) in [5.41, 5.74) is 9.20. The van der Waals surface area contributed by atoms with Crippen LogP contribution in [0, 0.1) is 5.41 Å². The number of carbonyl (C=O) groups is 1. The molecule has 1 saturated carbocycles. The van der Waals surface area contributed by atoms with Crippen LogP contribution in [0.2, 0.25) is 0 Å². The van der Waals surface area contributed by atoms with Crippen LogP contribution in [-0.4, -0.2) is 31.8 Å². The van der Waals surface area contributed by atoms with Crippen LogP contribution in [0.4, 0.5) is 0 Å². The number of azide groups is 1. The molecular weight excluding hydrogens is 386 g/mol. The monoisotopic (exact) mass is 415 g/mol. The second-order valence-electron chi connectivity index (χ2n) is 7.73. The highest BCUT2D eigenvalue weighted by molar-refractivity contribution is 8.03. The number of hydrogen-bond donors (Lipinski definition) is 0. The summed E-state index contributed by atoms with van der Waals surface area (Å²) in [7, 11) is 1.66. The van der Waals surface area contributed by atoms with Crippen molar-refractivity contribution < 1.29 is 14.3 Å². The highest BCUT2D eigenvalue weighted by Gasteiger charge is 2.60. The maximum atomic E-state index is 12.8. The molecule has 1 spiro atoms. The van der Waals surface area contributed by atoms with E-state index in [0.29, 0.717) is 19.1 Å². The van der Waals surface area contributed by atoms with Crippen molar-refractivity contribution in [1.82, 2.24) is 0 Å². The standard InChI is InChI=1S/C22H29N3O3S/c1-27-18-10-8-17(9-11-18)19-15-22(19)16-29-21(14-20(22)26)28-13-7-5-3-2-4-6-12-24-25-23/h8-11,14,19H,2-7,12-13,15-16H2,1H3/t19-,22-/m1/s1. The van der Waals surface area contributed by atoms with Crippen molar-refractivity contribution in [1.29, 1.82) is 0 Å². The van der Waals surface area contributed by atoms with Gasteiger partial charge in [0.05, 0.1) is 19.1 Å². The molecule has 2 aliphatic rings. The zero-order valence-electron chi connectivity index (χ0n) is 17.0. The van der Waals surface area contributed by atoms with Gasteiger partial charge in [0.25, 0.3) is 0 Å². The lowest BCUT2D eigenvalue weighted by molar-refractivity contribution is -0.119. The van der Waals surface area contributed by atoms with Crippen LogP contribution in [0.5, 0.6) is 5.75 Å². The van der Waals surface area contributed by atoms with Gasteiger partial charge >= 0.3 is 0 Å². The van der Waals surface area contributed by atoms with Gasteiger partial charge in [0, 0.05) is 23.3 Å². The Labute approximate surface area is 176 Å². The Morgan fingerprint density at radius 3 is 2.59 bits per heavy atom. The minimum absolute atomic E-state index is 0.215. The number of allylic oxidation sites excluding steroid dienone is 1. The van der Waals surface area contributed by atoms with E-state index in [4.69, 9.17) is 15.0 Å². The van der Waals surface area contributed by atoms with Crippen molar-refractivity contribution in [3.8, 4) is 5.75 Å². The van der Waals surface area contributed by atoms with Crippen molar-refractivity contribution in [3.63, 3.8) is 0 Å². The molecule has 1 aliphatic carbocycles. The molecule has 1 fully saturated rings. The van der Waals surface area contributed by atoms with Gasteiger partial charge in [0.1, 0.15) is 5.75 Å². The molecule has 1 aromatic carbocycles. The van der Waals surface area contributed by atoms with Crippen LogP contribution < -0.4 is 4.74 Å². The highest BCUT2D eigenvalue weighted by Crippen LogP contribution is 2.63. The molecule has 0 radical (unpaired) electrons. The van der Waals surface area contributed by atoms with Crippen LogP contribution in [0.15, 0.2) is 40.5 Å². The molecule has 1 aromatic rings. The number of methoxy groups -OCH3 is 1. The van der Waals surface area contributed by atoms with E-state index in [1.807, 2.05) is 12.1 Å². The Morgan fingerprint density at radius 1 is 1.17 bits per heavy atom. The molecule has 1 heterocycles. The van der Waals surface area contributed by atoms with Crippen molar-refractivity contribution in [3.05, 3.63) is 51.4 Å². The van der Waals surface area contributed by atoms with E-state index in [-0.39, 0.29) is 11.2 Å². The Hall–Kier alpha value is -2.11. The number of thioether (sulfide) groups is 1. The van der Waals surface area contributed by atoms with Crippen LogP contribution in [0.1, 0.15) is 56.4 Å². The van der Waals surface area contributed by atoms with Crippen LogP contribution in [0.3, 0.4) is 0 Å². The Morgan fingerprint density at radius 2 is 1.90 bits per heavy atom. The average molecular weight is 416 g/mol. The second kappa shape index (κ2) is 10.6. The molecule has 3 rings (SSSR count). The number of ketones is 1. The summed E-state index contributed by atoms with van der Waals surface area (Å²) in [6.45, 7) is 1.26. The fraction of sp³-hybridized carbons (Fsp3) is 0.591. The normalized spacial score (nSPS) is 22.7. The summed E-state index contributed by atoms with van der Waals surface area (Å²) >= 11 is 1.68. The van der Waals surface area contributed by atoms with Crippen molar-refractivity contribution in [2.45, 2.75) is 50.9 Å². The second-order valence-corrected chi connectivity index (χ2v) is 8.71. The first-order valence-electron chi connectivity index (χ1n) is 10.4. The topological polar surface area (TPSA) is 84.3 Å². The van der Waals surface area contributed by atoms with E-state index >= 15 is 0 Å². The number of rotatable bonds is 12. The third-order valence-corrected chi connectivity index (χ3v) is 6.94. The van der Waals surface area contributed by atoms with Gasteiger partial charge in [-0.15, -0.1) is 0 Å². The molecule has 0 bridgehead atoms. The van der Waals surface area contributed by atoms with Crippen molar-refractivity contribution >= 4 is 17.5 Å². The number of benzene rings is 1. The molecule has 29 heavy (non-hydrogen) atoms. The minimum Gasteiger partial charge on any atom is -0.497 e. The van der Waals surface area contributed by atoms with Gasteiger partial charge in [-0.1, -0.05) is 54.7 Å². The molecule has 6 nitrogen and oxygen atoms in total. The molecule has 0 saturated heterocycles. The lowest BCUT2D eigenvalue weighted by Crippen LogP contribution is -2.23. The highest BCUT2D eigenvalue weighted by atomic mass is 32.2. The molecule has 1 aliphatic heterocycles. The first-order chi connectivity index (χ1) is 14.2. The molecular formula is C22H29N3O3S. The summed E-state index contributed by atoms with van der Waals surface area (Å²) < 4.78 is 11.1. The Balaban J connectivity index is 1.34. The number of hydrogen-bond acceptors (Lipinski definition) is 5. The first-order valence-corrected chi connectivity index (χ1v) is 11.3. The maximum Gasteiger partial charge on any atom is 0.167 e. The zero-order valence-corrected chi connectivity index (χ0v) is 17.8. The molecule has 156 valence electrons. The van der Waals surface area contributed by atoms with Gasteiger partial charge in [-0.3, -0.25) is 4.79 Å². The van der Waals surface area contributed by atoms with Gasteiger partial charge in [0.2, 0.25) is 0 Å². The molecule has 0 unspecified atom stereocenters.